The van der Waals surface area contributed by atoms with E-state index >= 15 is 0 Å². The number of ether oxygens (including phenoxy) is 2. The summed E-state index contributed by atoms with van der Waals surface area (Å²) >= 11 is 1.60. The first-order valence-electron chi connectivity index (χ1n) is 21.4. The van der Waals surface area contributed by atoms with Crippen molar-refractivity contribution >= 4 is 45.6 Å². The summed E-state index contributed by atoms with van der Waals surface area (Å²) in [6.45, 7) is 10.3. The van der Waals surface area contributed by atoms with E-state index in [2.05, 4.69) is 31.7 Å². The number of H-pyrrole nitrogens is 2. The van der Waals surface area contributed by atoms with Gasteiger partial charge in [0.1, 0.15) is 34.3 Å². The molecular formula is C47H53N9O6S. The van der Waals surface area contributed by atoms with Crippen LogP contribution in [-0.2, 0) is 19.1 Å². The van der Waals surface area contributed by atoms with E-state index in [1.807, 2.05) is 80.6 Å². The molecule has 2 saturated heterocycles. The molecule has 4 unspecified atom stereocenters. The van der Waals surface area contributed by atoms with Gasteiger partial charge in [0.15, 0.2) is 0 Å². The van der Waals surface area contributed by atoms with Gasteiger partial charge in [-0.2, -0.15) is 0 Å². The van der Waals surface area contributed by atoms with Crippen LogP contribution in [0.4, 0.5) is 9.59 Å². The molecule has 0 spiro atoms. The van der Waals surface area contributed by atoms with Crippen LogP contribution in [0.15, 0.2) is 85.2 Å². The van der Waals surface area contributed by atoms with Crippen LogP contribution in [-0.4, -0.2) is 90.6 Å². The van der Waals surface area contributed by atoms with E-state index in [1.165, 1.54) is 7.11 Å². The Morgan fingerprint density at radius 1 is 0.762 bits per heavy atom. The van der Waals surface area contributed by atoms with Crippen molar-refractivity contribution in [2.24, 2.45) is 5.92 Å². The van der Waals surface area contributed by atoms with Crippen LogP contribution in [0.3, 0.4) is 0 Å². The first kappa shape index (κ1) is 43.1. The number of aromatic amines is 2. The second kappa shape index (κ2) is 18.0. The molecule has 0 radical (unpaired) electrons. The van der Waals surface area contributed by atoms with Crippen molar-refractivity contribution in [2.45, 2.75) is 90.1 Å². The van der Waals surface area contributed by atoms with Crippen LogP contribution in [0, 0.1) is 5.92 Å². The first-order chi connectivity index (χ1) is 30.3. The van der Waals surface area contributed by atoms with Gasteiger partial charge in [-0.05, 0) is 75.6 Å². The number of methoxy groups -OCH3 is 1. The minimum Gasteiger partial charge on any atom is -0.453 e. The maximum absolute atomic E-state index is 14.2. The van der Waals surface area contributed by atoms with Gasteiger partial charge in [-0.3, -0.25) is 9.59 Å². The summed E-state index contributed by atoms with van der Waals surface area (Å²) in [5, 5.41) is 6.41. The highest BCUT2D eigenvalue weighted by atomic mass is 32.1. The Balaban J connectivity index is 0.950. The van der Waals surface area contributed by atoms with Crippen molar-refractivity contribution in [1.82, 2.24) is 45.4 Å². The highest BCUT2D eigenvalue weighted by molar-refractivity contribution is 7.21. The van der Waals surface area contributed by atoms with Gasteiger partial charge >= 0.3 is 12.2 Å². The second-order valence-corrected chi connectivity index (χ2v) is 18.4. The number of rotatable bonds is 11. The van der Waals surface area contributed by atoms with Crippen LogP contribution < -0.4 is 10.6 Å². The third-order valence-corrected chi connectivity index (χ3v) is 12.5. The van der Waals surface area contributed by atoms with E-state index in [9.17, 15) is 19.2 Å². The van der Waals surface area contributed by atoms with Crippen molar-refractivity contribution in [1.29, 1.82) is 0 Å². The number of nitrogens with zero attached hydrogens (tertiary/aromatic N) is 5. The topological polar surface area (TPSA) is 188 Å². The number of alkyl carbamates (subject to hydrolysis) is 2. The predicted octanol–water partition coefficient (Wildman–Crippen LogP) is 8.72. The van der Waals surface area contributed by atoms with Crippen LogP contribution in [0.5, 0.6) is 0 Å². The Bertz CT molecular complexity index is 2600. The second-order valence-electron chi connectivity index (χ2n) is 17.4. The SMILES string of the molecule is COC(=O)NC(C(=O)N1CCCC1c1ncc(-c2ccc(-c3nc4ccc(-c5cnc(C6CCCN6C(=O)C(NC(=O)OC(C)(C)C)c6ccccc6)[nH]5)cc4s3)cc2)[nH]1)C(C)C. The van der Waals surface area contributed by atoms with E-state index in [0.717, 1.165) is 69.0 Å². The van der Waals surface area contributed by atoms with Gasteiger partial charge in [-0.15, -0.1) is 11.3 Å². The lowest BCUT2D eigenvalue weighted by atomic mass is 10.0. The number of carbonyl (C=O) groups is 4. The molecule has 63 heavy (non-hydrogen) atoms. The maximum Gasteiger partial charge on any atom is 0.408 e. The van der Waals surface area contributed by atoms with Gasteiger partial charge in [-0.1, -0.05) is 74.5 Å². The van der Waals surface area contributed by atoms with E-state index in [1.54, 1.807) is 54.3 Å². The average Bonchev–Trinajstić information content (AvgIpc) is 4.13. The van der Waals surface area contributed by atoms with Gasteiger partial charge in [0.2, 0.25) is 5.91 Å². The lowest BCUT2D eigenvalue weighted by Gasteiger charge is -2.30. The number of benzene rings is 3. The largest absolute Gasteiger partial charge is 0.453 e. The number of fused-ring (bicyclic) bond motifs is 1. The van der Waals surface area contributed by atoms with Gasteiger partial charge in [0, 0.05) is 24.2 Å². The molecule has 0 bridgehead atoms. The molecule has 328 valence electrons. The Hall–Kier alpha value is -6.55. The molecule has 0 saturated carbocycles. The number of thiazole rings is 1. The minimum atomic E-state index is -0.914. The summed E-state index contributed by atoms with van der Waals surface area (Å²) in [6, 6.07) is 21.4. The quantitative estimate of drug-likeness (QED) is 0.0988. The number of hydrogen-bond acceptors (Lipinski definition) is 10. The highest BCUT2D eigenvalue weighted by Crippen LogP contribution is 2.37. The fraction of sp³-hybridized carbons (Fsp3) is 0.383. The monoisotopic (exact) mass is 871 g/mol. The zero-order chi connectivity index (χ0) is 44.4. The highest BCUT2D eigenvalue weighted by Gasteiger charge is 2.39. The maximum atomic E-state index is 14.2. The van der Waals surface area contributed by atoms with Gasteiger partial charge in [0.05, 0.1) is 53.2 Å². The number of carbonyl (C=O) groups excluding carboxylic acids is 4. The number of hydrogen-bond donors (Lipinski definition) is 4. The van der Waals surface area contributed by atoms with Gasteiger partial charge in [-0.25, -0.2) is 24.5 Å². The molecule has 4 amide bonds. The molecule has 2 aliphatic heterocycles. The Morgan fingerprint density at radius 3 is 1.95 bits per heavy atom. The molecule has 0 aliphatic carbocycles. The van der Waals surface area contributed by atoms with Crippen LogP contribution >= 0.6 is 11.3 Å². The average molecular weight is 872 g/mol. The summed E-state index contributed by atoms with van der Waals surface area (Å²) < 4.78 is 11.3. The molecular weight excluding hydrogens is 819 g/mol. The number of likely N-dealkylation sites (tertiary alicyclic amines) is 2. The molecule has 3 aromatic heterocycles. The Kier molecular flexibility index (Phi) is 12.3. The predicted molar refractivity (Wildman–Crippen MR) is 240 cm³/mol. The lowest BCUT2D eigenvalue weighted by Crippen LogP contribution is -2.51. The fourth-order valence-electron chi connectivity index (χ4n) is 8.35. The molecule has 2 fully saturated rings. The zero-order valence-electron chi connectivity index (χ0n) is 36.3. The van der Waals surface area contributed by atoms with Crippen molar-refractivity contribution in [3.05, 3.63) is 102 Å². The van der Waals surface area contributed by atoms with Gasteiger partial charge in [0.25, 0.3) is 5.91 Å². The van der Waals surface area contributed by atoms with E-state index in [-0.39, 0.29) is 29.8 Å². The molecule has 6 aromatic rings. The number of amides is 4. The first-order valence-corrected chi connectivity index (χ1v) is 22.2. The van der Waals surface area contributed by atoms with E-state index < -0.39 is 29.9 Å². The molecule has 2 aliphatic rings. The van der Waals surface area contributed by atoms with Crippen molar-refractivity contribution in [3.8, 4) is 33.1 Å². The lowest BCUT2D eigenvalue weighted by molar-refractivity contribution is -0.136. The van der Waals surface area contributed by atoms with Crippen molar-refractivity contribution in [2.75, 3.05) is 20.2 Å². The standard InChI is InChI=1S/C47H53N9O6S/c1-27(2)38(53-45(59)61-6)43(57)55-22-10-14-35(55)40-48-25-33(50-40)28-16-18-30(19-17-28)42-52-32-21-20-31(24-37(32)63-42)34-26-49-41(51-34)36-15-11-23-56(36)44(58)39(29-12-8-7-9-13-29)54-46(60)62-47(3,4)5/h7-9,12-13,16-21,24-27,35-36,38-39H,10-11,14-15,22-23H2,1-6H3,(H,48,50)(H,49,51)(H,53,59)(H,54,60). The minimum absolute atomic E-state index is 0.114. The van der Waals surface area contributed by atoms with Crippen molar-refractivity contribution in [3.63, 3.8) is 0 Å². The summed E-state index contributed by atoms with van der Waals surface area (Å²) in [7, 11) is 1.29. The molecule has 16 heteroatoms. The van der Waals surface area contributed by atoms with Crippen LogP contribution in [0.1, 0.15) is 95.6 Å². The van der Waals surface area contributed by atoms with Crippen LogP contribution in [0.25, 0.3) is 43.3 Å². The zero-order valence-corrected chi connectivity index (χ0v) is 37.1. The molecule has 4 atom stereocenters. The van der Waals surface area contributed by atoms with Gasteiger partial charge < -0.3 is 39.9 Å². The summed E-state index contributed by atoms with van der Waals surface area (Å²) in [5.41, 5.74) is 5.41. The van der Waals surface area contributed by atoms with E-state index in [4.69, 9.17) is 19.4 Å². The number of aromatic nitrogens is 5. The molecule has 5 heterocycles. The molecule has 8 rings (SSSR count). The third kappa shape index (κ3) is 9.45. The summed E-state index contributed by atoms with van der Waals surface area (Å²) in [6.07, 6.45) is 5.47. The fourth-order valence-corrected chi connectivity index (χ4v) is 9.36. The third-order valence-electron chi connectivity index (χ3n) is 11.5. The van der Waals surface area contributed by atoms with E-state index in [0.29, 0.717) is 30.3 Å². The molecule has 15 nitrogen and oxygen atoms in total. The Labute approximate surface area is 370 Å². The normalized spacial score (nSPS) is 17.5. The smallest absolute Gasteiger partial charge is 0.408 e. The van der Waals surface area contributed by atoms with Crippen molar-refractivity contribution < 1.29 is 28.7 Å². The Morgan fingerprint density at radius 2 is 1.35 bits per heavy atom. The number of imidazole rings is 2. The summed E-state index contributed by atoms with van der Waals surface area (Å²) in [4.78, 5) is 77.6. The summed E-state index contributed by atoms with van der Waals surface area (Å²) in [5.74, 6) is 0.926. The number of nitrogens with one attached hydrogen (secondary N) is 4. The van der Waals surface area contributed by atoms with Crippen LogP contribution in [0.2, 0.25) is 0 Å². The molecule has 3 aromatic carbocycles. The molecule has 4 N–H and O–H groups in total.